The molecule has 0 spiro atoms. The van der Waals surface area contributed by atoms with Gasteiger partial charge in [0.25, 0.3) is 0 Å². The van der Waals surface area contributed by atoms with Gasteiger partial charge in [0.15, 0.2) is 5.65 Å². The van der Waals surface area contributed by atoms with Crippen LogP contribution in [0.4, 0.5) is 0 Å². The van der Waals surface area contributed by atoms with E-state index in [0.717, 1.165) is 50.1 Å². The fourth-order valence-corrected chi connectivity index (χ4v) is 3.74. The molecule has 2 N–H and O–H groups in total. The van der Waals surface area contributed by atoms with Crippen molar-refractivity contribution < 1.29 is 4.79 Å². The van der Waals surface area contributed by atoms with E-state index in [1.807, 2.05) is 6.07 Å². The topological polar surface area (TPSA) is 83.0 Å². The van der Waals surface area contributed by atoms with E-state index in [2.05, 4.69) is 30.5 Å². The first-order chi connectivity index (χ1) is 12.3. The summed E-state index contributed by atoms with van der Waals surface area (Å²) in [6, 6.07) is 1.94. The lowest BCUT2D eigenvalue weighted by Crippen LogP contribution is -2.47. The van der Waals surface area contributed by atoms with Crippen molar-refractivity contribution in [3.63, 3.8) is 0 Å². The van der Waals surface area contributed by atoms with E-state index in [1.54, 1.807) is 18.6 Å². The van der Waals surface area contributed by atoms with Gasteiger partial charge in [0.2, 0.25) is 5.91 Å². The molecule has 4 rings (SSSR count). The van der Waals surface area contributed by atoms with Crippen molar-refractivity contribution in [1.82, 2.24) is 30.5 Å². The molecule has 4 heterocycles. The number of rotatable bonds is 5. The van der Waals surface area contributed by atoms with Crippen LogP contribution >= 0.6 is 0 Å². The minimum absolute atomic E-state index is 0.0434. The van der Waals surface area contributed by atoms with E-state index in [-0.39, 0.29) is 11.9 Å². The quantitative estimate of drug-likeness (QED) is 0.841. The third kappa shape index (κ3) is 3.62. The van der Waals surface area contributed by atoms with Crippen LogP contribution in [0.1, 0.15) is 30.9 Å². The first-order valence-corrected chi connectivity index (χ1v) is 9.09. The van der Waals surface area contributed by atoms with Crippen molar-refractivity contribution in [3.05, 3.63) is 30.2 Å². The summed E-state index contributed by atoms with van der Waals surface area (Å²) >= 11 is 0. The van der Waals surface area contributed by atoms with Crippen LogP contribution in [0.25, 0.3) is 11.2 Å². The van der Waals surface area contributed by atoms with Crippen molar-refractivity contribution in [2.24, 2.45) is 5.92 Å². The smallest absolute Gasteiger partial charge is 0.234 e. The number of amides is 1. The number of nitrogens with one attached hydrogen (secondary N) is 2. The Labute approximate surface area is 147 Å². The summed E-state index contributed by atoms with van der Waals surface area (Å²) in [4.78, 5) is 27.9. The van der Waals surface area contributed by atoms with E-state index >= 15 is 0 Å². The van der Waals surface area contributed by atoms with Gasteiger partial charge in [-0.15, -0.1) is 0 Å². The van der Waals surface area contributed by atoms with Crippen LogP contribution in [-0.4, -0.2) is 58.5 Å². The van der Waals surface area contributed by atoms with Crippen molar-refractivity contribution in [2.75, 3.05) is 32.7 Å². The number of piperidine rings is 1. The third-order valence-corrected chi connectivity index (χ3v) is 5.23. The predicted molar refractivity (Wildman–Crippen MR) is 94.9 cm³/mol. The number of aromatic nitrogens is 3. The fraction of sp³-hybridized carbons (Fsp3) is 0.556. The molecule has 7 heteroatoms. The van der Waals surface area contributed by atoms with Gasteiger partial charge in [-0.25, -0.2) is 9.97 Å². The molecule has 0 radical (unpaired) electrons. The van der Waals surface area contributed by atoms with Crippen LogP contribution in [0, 0.1) is 5.92 Å². The minimum Gasteiger partial charge on any atom is -0.348 e. The summed E-state index contributed by atoms with van der Waals surface area (Å²) in [5.41, 5.74) is 2.45. The largest absolute Gasteiger partial charge is 0.348 e. The van der Waals surface area contributed by atoms with Gasteiger partial charge in [-0.2, -0.15) is 0 Å². The highest BCUT2D eigenvalue weighted by Gasteiger charge is 2.29. The van der Waals surface area contributed by atoms with Gasteiger partial charge in [-0.1, -0.05) is 0 Å². The van der Waals surface area contributed by atoms with Crippen molar-refractivity contribution in [1.29, 1.82) is 0 Å². The van der Waals surface area contributed by atoms with Gasteiger partial charge in [0, 0.05) is 24.2 Å². The first-order valence-electron chi connectivity index (χ1n) is 9.09. The van der Waals surface area contributed by atoms with Crippen molar-refractivity contribution in [2.45, 2.75) is 25.3 Å². The molecule has 2 fully saturated rings. The summed E-state index contributed by atoms with van der Waals surface area (Å²) < 4.78 is 0. The summed E-state index contributed by atoms with van der Waals surface area (Å²) in [7, 11) is 0. The highest BCUT2D eigenvalue weighted by atomic mass is 16.2. The Kier molecular flexibility index (Phi) is 4.85. The van der Waals surface area contributed by atoms with Crippen LogP contribution in [-0.2, 0) is 4.79 Å². The molecule has 132 valence electrons. The Morgan fingerprint density at radius 2 is 1.96 bits per heavy atom. The second kappa shape index (κ2) is 7.41. The zero-order chi connectivity index (χ0) is 17.1. The van der Waals surface area contributed by atoms with Gasteiger partial charge < -0.3 is 10.6 Å². The maximum absolute atomic E-state index is 12.6. The molecular formula is C18H24N6O. The third-order valence-electron chi connectivity index (χ3n) is 5.23. The number of hydrogen-bond donors (Lipinski definition) is 2. The molecular weight excluding hydrogens is 316 g/mol. The van der Waals surface area contributed by atoms with E-state index in [4.69, 9.17) is 0 Å². The molecule has 0 aromatic carbocycles. The Balaban J connectivity index is 1.62. The minimum atomic E-state index is -0.0434. The molecule has 1 unspecified atom stereocenters. The normalized spacial score (nSPS) is 20.2. The van der Waals surface area contributed by atoms with Crippen LogP contribution in [0.5, 0.6) is 0 Å². The van der Waals surface area contributed by atoms with Crippen LogP contribution in [0.2, 0.25) is 0 Å². The number of carbonyl (C=O) groups excluding carboxylic acids is 1. The number of fused-ring (bicyclic) bond motifs is 1. The summed E-state index contributed by atoms with van der Waals surface area (Å²) in [6.45, 7) is 4.50. The number of nitrogens with zero attached hydrogens (tertiary/aromatic N) is 4. The standard InChI is InChI=1S/C18H24N6O/c25-15(12-24-10-1-11-24)23-16(13-2-5-19-6-3-13)14-4-7-21-18-17(14)20-8-9-22-18/h4,7-9,13,16,19H,1-3,5-6,10-12H2,(H,23,25). The molecule has 0 saturated carbocycles. The molecule has 2 aromatic rings. The molecule has 0 bridgehead atoms. The Morgan fingerprint density at radius 3 is 2.72 bits per heavy atom. The lowest BCUT2D eigenvalue weighted by atomic mass is 9.85. The second-order valence-corrected chi connectivity index (χ2v) is 6.89. The zero-order valence-electron chi connectivity index (χ0n) is 14.3. The summed E-state index contributed by atoms with van der Waals surface area (Å²) in [5, 5.41) is 6.69. The Bertz CT molecular complexity index is 736. The number of likely N-dealkylation sites (tertiary alicyclic amines) is 1. The molecule has 2 saturated heterocycles. The molecule has 1 amide bonds. The average Bonchev–Trinajstić information content (AvgIpc) is 2.63. The van der Waals surface area contributed by atoms with Gasteiger partial charge >= 0.3 is 0 Å². The molecule has 2 aliphatic heterocycles. The first kappa shape index (κ1) is 16.4. The van der Waals surface area contributed by atoms with Crippen molar-refractivity contribution in [3.8, 4) is 0 Å². The van der Waals surface area contributed by atoms with E-state index in [1.165, 1.54) is 6.42 Å². The van der Waals surface area contributed by atoms with Gasteiger partial charge in [-0.05, 0) is 57.4 Å². The maximum atomic E-state index is 12.6. The van der Waals surface area contributed by atoms with Crippen LogP contribution in [0.3, 0.4) is 0 Å². The zero-order valence-corrected chi connectivity index (χ0v) is 14.3. The number of hydrogen-bond acceptors (Lipinski definition) is 6. The highest BCUT2D eigenvalue weighted by molar-refractivity contribution is 5.80. The lowest BCUT2D eigenvalue weighted by molar-refractivity contribution is -0.124. The second-order valence-electron chi connectivity index (χ2n) is 6.89. The van der Waals surface area contributed by atoms with Crippen LogP contribution in [0.15, 0.2) is 24.7 Å². The van der Waals surface area contributed by atoms with Crippen molar-refractivity contribution >= 4 is 17.1 Å². The Hall–Kier alpha value is -2.12. The highest BCUT2D eigenvalue weighted by Crippen LogP contribution is 2.31. The lowest BCUT2D eigenvalue weighted by Gasteiger charge is -2.34. The SMILES string of the molecule is O=C(CN1CCC1)NC(c1ccnc2nccnc12)C1CCNCC1. The molecule has 2 aromatic heterocycles. The van der Waals surface area contributed by atoms with E-state index < -0.39 is 0 Å². The van der Waals surface area contributed by atoms with E-state index in [9.17, 15) is 4.79 Å². The maximum Gasteiger partial charge on any atom is 0.234 e. The Morgan fingerprint density at radius 1 is 1.20 bits per heavy atom. The monoisotopic (exact) mass is 340 g/mol. The summed E-state index contributed by atoms with van der Waals surface area (Å²) in [5.74, 6) is 0.492. The van der Waals surface area contributed by atoms with Crippen LogP contribution < -0.4 is 10.6 Å². The predicted octanol–water partition coefficient (Wildman–Crippen LogP) is 0.887. The summed E-state index contributed by atoms with van der Waals surface area (Å²) in [6.07, 6.45) is 8.38. The molecule has 0 aliphatic carbocycles. The van der Waals surface area contributed by atoms with Gasteiger partial charge in [-0.3, -0.25) is 14.7 Å². The van der Waals surface area contributed by atoms with Gasteiger partial charge in [0.1, 0.15) is 5.52 Å². The van der Waals surface area contributed by atoms with E-state index in [0.29, 0.717) is 18.1 Å². The average molecular weight is 340 g/mol. The fourth-order valence-electron chi connectivity index (χ4n) is 3.74. The number of pyridine rings is 1. The molecule has 25 heavy (non-hydrogen) atoms. The molecule has 1 atom stereocenters. The van der Waals surface area contributed by atoms with Gasteiger partial charge in [0.05, 0.1) is 12.6 Å². The molecule has 2 aliphatic rings. The number of carbonyl (C=O) groups is 1. The molecule has 7 nitrogen and oxygen atoms in total.